The lowest BCUT2D eigenvalue weighted by Crippen LogP contribution is -2.46. The van der Waals surface area contributed by atoms with E-state index in [0.29, 0.717) is 4.88 Å². The molecule has 158 valence electrons. The van der Waals surface area contributed by atoms with Crippen LogP contribution < -0.4 is 5.32 Å². The topological polar surface area (TPSA) is 67.2 Å². The molecular weight excluding hydrogens is 408 g/mol. The number of rotatable bonds is 6. The quantitative estimate of drug-likeness (QED) is 0.490. The predicted octanol–water partition coefficient (Wildman–Crippen LogP) is 4.42. The van der Waals surface area contributed by atoms with Gasteiger partial charge in [-0.2, -0.15) is 0 Å². The third kappa shape index (κ3) is 4.22. The maximum absolute atomic E-state index is 12.9. The Bertz CT molecular complexity index is 1200. The summed E-state index contributed by atoms with van der Waals surface area (Å²) in [4.78, 5) is 31.8. The van der Waals surface area contributed by atoms with Gasteiger partial charge in [-0.3, -0.25) is 14.2 Å². The molecule has 2 aromatic carbocycles. The largest absolute Gasteiger partial charge is 0.340 e. The number of para-hydroxylation sites is 2. The highest BCUT2D eigenvalue weighted by atomic mass is 32.1. The molecule has 0 aliphatic heterocycles. The smallest absolute Gasteiger partial charge is 0.261 e. The van der Waals surface area contributed by atoms with Crippen LogP contribution in [0.2, 0.25) is 0 Å². The van der Waals surface area contributed by atoms with E-state index in [9.17, 15) is 9.59 Å². The van der Waals surface area contributed by atoms with E-state index in [0.717, 1.165) is 22.3 Å². The second kappa shape index (κ2) is 8.73. The van der Waals surface area contributed by atoms with Crippen LogP contribution in [0.25, 0.3) is 16.7 Å². The predicted molar refractivity (Wildman–Crippen MR) is 124 cm³/mol. The standard InChI is InChI=1S/C24H24N4O2S/c1-16(26-23(29)22-9-6-14-31-22)24(30)27(3)17(2)18-10-12-19(13-11-18)28-15-25-20-7-4-5-8-21(20)28/h4-17H,1-3H3,(H,26,29). The van der Waals surface area contributed by atoms with Crippen molar-refractivity contribution < 1.29 is 9.59 Å². The number of hydrogen-bond donors (Lipinski definition) is 1. The first-order valence-electron chi connectivity index (χ1n) is 10.1. The molecule has 2 atom stereocenters. The Balaban J connectivity index is 1.45. The molecule has 0 aliphatic carbocycles. The molecule has 0 saturated heterocycles. The van der Waals surface area contributed by atoms with Crippen LogP contribution in [-0.2, 0) is 4.79 Å². The highest BCUT2D eigenvalue weighted by Crippen LogP contribution is 2.23. The molecule has 1 N–H and O–H groups in total. The molecule has 4 aromatic rings. The third-order valence-electron chi connectivity index (χ3n) is 5.50. The van der Waals surface area contributed by atoms with Crippen molar-refractivity contribution in [3.05, 3.63) is 82.8 Å². The molecule has 0 aliphatic rings. The Hall–Kier alpha value is -3.45. The minimum Gasteiger partial charge on any atom is -0.340 e. The van der Waals surface area contributed by atoms with E-state index in [2.05, 4.69) is 10.3 Å². The molecular formula is C24H24N4O2S. The van der Waals surface area contributed by atoms with Gasteiger partial charge in [-0.1, -0.05) is 30.3 Å². The summed E-state index contributed by atoms with van der Waals surface area (Å²) in [6.45, 7) is 3.69. The molecule has 2 amide bonds. The minimum atomic E-state index is -0.612. The molecule has 2 heterocycles. The second-order valence-corrected chi connectivity index (χ2v) is 8.44. The Morgan fingerprint density at radius 2 is 1.77 bits per heavy atom. The Morgan fingerprint density at radius 3 is 2.48 bits per heavy atom. The molecule has 2 unspecified atom stereocenters. The van der Waals surface area contributed by atoms with Crippen molar-refractivity contribution in [2.75, 3.05) is 7.05 Å². The van der Waals surface area contributed by atoms with Gasteiger partial charge in [0.05, 0.1) is 22.0 Å². The zero-order chi connectivity index (χ0) is 22.0. The lowest BCUT2D eigenvalue weighted by atomic mass is 10.1. The van der Waals surface area contributed by atoms with Crippen LogP contribution in [0.4, 0.5) is 0 Å². The van der Waals surface area contributed by atoms with Gasteiger partial charge >= 0.3 is 0 Å². The van der Waals surface area contributed by atoms with Gasteiger partial charge in [0.1, 0.15) is 12.4 Å². The molecule has 0 bridgehead atoms. The number of carbonyl (C=O) groups excluding carboxylic acids is 2. The van der Waals surface area contributed by atoms with Crippen molar-refractivity contribution >= 4 is 34.2 Å². The summed E-state index contributed by atoms with van der Waals surface area (Å²) in [6, 6.07) is 18.9. The number of nitrogens with one attached hydrogen (secondary N) is 1. The molecule has 7 heteroatoms. The maximum atomic E-state index is 12.9. The number of aromatic nitrogens is 2. The molecule has 31 heavy (non-hydrogen) atoms. The summed E-state index contributed by atoms with van der Waals surface area (Å²) in [5.41, 5.74) is 4.02. The van der Waals surface area contributed by atoms with Gasteiger partial charge in [-0.15, -0.1) is 11.3 Å². The summed E-state index contributed by atoms with van der Waals surface area (Å²) in [5, 5.41) is 4.62. The van der Waals surface area contributed by atoms with Crippen molar-refractivity contribution in [1.29, 1.82) is 0 Å². The number of hydrogen-bond acceptors (Lipinski definition) is 4. The van der Waals surface area contributed by atoms with Gasteiger partial charge in [0.15, 0.2) is 0 Å². The van der Waals surface area contributed by atoms with Gasteiger partial charge in [0.2, 0.25) is 5.91 Å². The van der Waals surface area contributed by atoms with E-state index in [-0.39, 0.29) is 17.9 Å². The molecule has 0 radical (unpaired) electrons. The van der Waals surface area contributed by atoms with E-state index in [1.165, 1.54) is 11.3 Å². The van der Waals surface area contributed by atoms with Gasteiger partial charge < -0.3 is 10.2 Å². The average Bonchev–Trinajstić information content (AvgIpc) is 3.48. The number of fused-ring (bicyclic) bond motifs is 1. The summed E-state index contributed by atoms with van der Waals surface area (Å²) in [5.74, 6) is -0.365. The number of nitrogens with zero attached hydrogens (tertiary/aromatic N) is 3. The van der Waals surface area contributed by atoms with Gasteiger partial charge in [0.25, 0.3) is 5.91 Å². The van der Waals surface area contributed by atoms with Gasteiger partial charge in [-0.25, -0.2) is 4.98 Å². The Morgan fingerprint density at radius 1 is 1.03 bits per heavy atom. The summed E-state index contributed by atoms with van der Waals surface area (Å²) >= 11 is 1.35. The third-order valence-corrected chi connectivity index (χ3v) is 6.37. The Labute approximate surface area is 185 Å². The number of carbonyl (C=O) groups is 2. The fourth-order valence-electron chi connectivity index (χ4n) is 3.54. The van der Waals surface area contributed by atoms with Crippen LogP contribution >= 0.6 is 11.3 Å². The van der Waals surface area contributed by atoms with E-state index in [1.54, 1.807) is 24.9 Å². The van der Waals surface area contributed by atoms with Crippen molar-refractivity contribution in [2.24, 2.45) is 0 Å². The highest BCUT2D eigenvalue weighted by Gasteiger charge is 2.24. The average molecular weight is 433 g/mol. The van der Waals surface area contributed by atoms with Crippen LogP contribution in [-0.4, -0.2) is 39.4 Å². The highest BCUT2D eigenvalue weighted by molar-refractivity contribution is 7.12. The summed E-state index contributed by atoms with van der Waals surface area (Å²) in [6.07, 6.45) is 1.82. The first-order chi connectivity index (χ1) is 15.0. The van der Waals surface area contributed by atoms with Crippen molar-refractivity contribution in [2.45, 2.75) is 25.9 Å². The molecule has 0 fully saturated rings. The molecule has 0 saturated carbocycles. The monoisotopic (exact) mass is 432 g/mol. The zero-order valence-electron chi connectivity index (χ0n) is 17.6. The number of likely N-dealkylation sites (N-methyl/N-ethyl adjacent to an activating group) is 1. The van der Waals surface area contributed by atoms with Crippen LogP contribution in [0, 0.1) is 0 Å². The fraction of sp³-hybridized carbons (Fsp3) is 0.208. The normalized spacial score (nSPS) is 13.0. The lowest BCUT2D eigenvalue weighted by molar-refractivity contribution is -0.133. The maximum Gasteiger partial charge on any atom is 0.261 e. The minimum absolute atomic E-state index is 0.137. The molecule has 6 nitrogen and oxygen atoms in total. The molecule has 0 spiro atoms. The van der Waals surface area contributed by atoms with Crippen LogP contribution in [0.3, 0.4) is 0 Å². The van der Waals surface area contributed by atoms with Crippen molar-refractivity contribution in [3.63, 3.8) is 0 Å². The van der Waals surface area contributed by atoms with Gasteiger partial charge in [-0.05, 0) is 55.1 Å². The van der Waals surface area contributed by atoms with Crippen LogP contribution in [0.1, 0.15) is 35.1 Å². The van der Waals surface area contributed by atoms with Crippen molar-refractivity contribution in [3.8, 4) is 5.69 Å². The van der Waals surface area contributed by atoms with E-state index in [4.69, 9.17) is 0 Å². The van der Waals surface area contributed by atoms with Crippen LogP contribution in [0.5, 0.6) is 0 Å². The Kier molecular flexibility index (Phi) is 5.86. The molecule has 2 aromatic heterocycles. The number of amides is 2. The fourth-order valence-corrected chi connectivity index (χ4v) is 4.16. The van der Waals surface area contributed by atoms with E-state index < -0.39 is 6.04 Å². The number of imidazole rings is 1. The van der Waals surface area contributed by atoms with E-state index in [1.807, 2.05) is 77.8 Å². The zero-order valence-corrected chi connectivity index (χ0v) is 18.5. The lowest BCUT2D eigenvalue weighted by Gasteiger charge is -2.28. The first-order valence-corrected chi connectivity index (χ1v) is 11.0. The number of thiophene rings is 1. The van der Waals surface area contributed by atoms with Crippen LogP contribution in [0.15, 0.2) is 72.4 Å². The summed E-state index contributed by atoms with van der Waals surface area (Å²) < 4.78 is 2.04. The SMILES string of the molecule is CC(NC(=O)c1cccs1)C(=O)N(C)C(C)c1ccc(-n2cnc3ccccc32)cc1. The number of benzene rings is 2. The molecule has 4 rings (SSSR count). The second-order valence-electron chi connectivity index (χ2n) is 7.49. The first kappa shape index (κ1) is 20.8. The van der Waals surface area contributed by atoms with Crippen molar-refractivity contribution in [1.82, 2.24) is 19.8 Å². The van der Waals surface area contributed by atoms with Gasteiger partial charge in [0, 0.05) is 12.7 Å². The van der Waals surface area contributed by atoms with E-state index >= 15 is 0 Å². The summed E-state index contributed by atoms with van der Waals surface area (Å²) in [7, 11) is 1.76.